The monoisotopic (exact) mass is 366 g/mol. The van der Waals surface area contributed by atoms with Crippen LogP contribution >= 0.6 is 0 Å². The van der Waals surface area contributed by atoms with Gasteiger partial charge in [0.1, 0.15) is 0 Å². The Morgan fingerprint density at radius 2 is 1.84 bits per heavy atom. The summed E-state index contributed by atoms with van der Waals surface area (Å²) in [5.41, 5.74) is -2.07. The lowest BCUT2D eigenvalue weighted by atomic mass is 9.66. The van der Waals surface area contributed by atoms with Crippen molar-refractivity contribution in [2.75, 3.05) is 0 Å². The van der Waals surface area contributed by atoms with E-state index in [2.05, 4.69) is 10.6 Å². The number of carbonyl (C=O) groups is 1. The van der Waals surface area contributed by atoms with Gasteiger partial charge in [-0.2, -0.15) is 26.3 Å². The van der Waals surface area contributed by atoms with Crippen molar-refractivity contribution >= 4 is 5.91 Å². The van der Waals surface area contributed by atoms with E-state index in [9.17, 15) is 31.1 Å². The number of halogens is 6. The first-order chi connectivity index (χ1) is 11.3. The van der Waals surface area contributed by atoms with E-state index in [0.717, 1.165) is 0 Å². The topological polar surface area (TPSA) is 41.1 Å². The third kappa shape index (κ3) is 3.09. The van der Waals surface area contributed by atoms with E-state index >= 15 is 0 Å². The smallest absolute Gasteiger partial charge is 0.325 e. The van der Waals surface area contributed by atoms with Gasteiger partial charge in [-0.3, -0.25) is 4.79 Å². The maximum Gasteiger partial charge on any atom is 0.415 e. The van der Waals surface area contributed by atoms with Crippen LogP contribution in [0.4, 0.5) is 26.3 Å². The fraction of sp³-hybridized carbons (Fsp3) is 0.562. The first-order valence-corrected chi connectivity index (χ1v) is 7.67. The van der Waals surface area contributed by atoms with Gasteiger partial charge in [0.2, 0.25) is 5.91 Å². The van der Waals surface area contributed by atoms with Crippen molar-refractivity contribution in [3.63, 3.8) is 0 Å². The predicted octanol–water partition coefficient (Wildman–Crippen LogP) is 3.51. The molecule has 0 radical (unpaired) electrons. The Morgan fingerprint density at radius 3 is 2.40 bits per heavy atom. The van der Waals surface area contributed by atoms with Crippen LogP contribution in [0.3, 0.4) is 0 Å². The molecule has 3 aliphatic rings. The van der Waals surface area contributed by atoms with Crippen molar-refractivity contribution in [1.82, 2.24) is 10.6 Å². The van der Waals surface area contributed by atoms with Crippen LogP contribution in [0.5, 0.6) is 0 Å². The lowest BCUT2D eigenvalue weighted by molar-refractivity contribution is -0.139. The molecule has 1 saturated heterocycles. The first-order valence-electron chi connectivity index (χ1n) is 7.67. The minimum atomic E-state index is -4.71. The van der Waals surface area contributed by atoms with E-state index < -0.39 is 47.8 Å². The summed E-state index contributed by atoms with van der Waals surface area (Å²) < 4.78 is 79.0. The second-order valence-corrected chi connectivity index (χ2v) is 7.01. The number of hydrogen-bond donors (Lipinski definition) is 2. The second kappa shape index (κ2) is 5.36. The minimum Gasteiger partial charge on any atom is -0.325 e. The molecule has 1 amide bonds. The average Bonchev–Trinajstić information content (AvgIpc) is 2.75. The third-order valence-corrected chi connectivity index (χ3v) is 4.80. The lowest BCUT2D eigenvalue weighted by Gasteiger charge is -2.46. The summed E-state index contributed by atoms with van der Waals surface area (Å²) in [7, 11) is 0. The van der Waals surface area contributed by atoms with Crippen LogP contribution in [0, 0.1) is 5.41 Å². The predicted molar refractivity (Wildman–Crippen MR) is 77.2 cm³/mol. The molecule has 2 N–H and O–H groups in total. The Kier molecular flexibility index (Phi) is 3.87. The van der Waals surface area contributed by atoms with E-state index in [1.54, 1.807) is 0 Å². The quantitative estimate of drug-likeness (QED) is 0.698. The maximum absolute atomic E-state index is 13.7. The van der Waals surface area contributed by atoms with Crippen molar-refractivity contribution in [1.29, 1.82) is 0 Å². The molecule has 0 aromatic heterocycles. The standard InChI is InChI=1S/C16H16F6N2O/c1-14(2)12(16(20,21)22)11-9(5-10(25)24-11)8-4-3-7(23-13(8)14)6-15(17,18)19/h3-4,7,13,23H,5-6H2,1-2H3,(H,24,25)/t7-,13-/m0/s1. The number of carbonyl (C=O) groups excluding carboxylic acids is 1. The molecule has 0 aromatic carbocycles. The average molecular weight is 366 g/mol. The fourth-order valence-corrected chi connectivity index (χ4v) is 3.87. The molecule has 0 unspecified atom stereocenters. The molecule has 0 spiro atoms. The highest BCUT2D eigenvalue weighted by Gasteiger charge is 2.55. The SMILES string of the molecule is CC1(C)C(C(F)(F)F)=C2NC(=O)CC2=C2C=C[C@@H](CC(F)(F)F)N[C@@H]21. The molecule has 3 rings (SSSR count). The molecule has 1 aliphatic carbocycles. The number of alkyl halides is 6. The molecular formula is C16H16F6N2O. The highest BCUT2D eigenvalue weighted by atomic mass is 19.4. The summed E-state index contributed by atoms with van der Waals surface area (Å²) >= 11 is 0. The van der Waals surface area contributed by atoms with E-state index in [1.807, 2.05) is 0 Å². The van der Waals surface area contributed by atoms with Crippen LogP contribution in [-0.2, 0) is 4.79 Å². The van der Waals surface area contributed by atoms with Gasteiger partial charge in [0, 0.05) is 17.5 Å². The fourth-order valence-electron chi connectivity index (χ4n) is 3.87. The summed E-state index contributed by atoms with van der Waals surface area (Å²) in [6.45, 7) is 2.65. The first kappa shape index (κ1) is 18.0. The zero-order valence-corrected chi connectivity index (χ0v) is 13.4. The maximum atomic E-state index is 13.7. The van der Waals surface area contributed by atoms with Crippen molar-refractivity contribution in [2.45, 2.75) is 51.1 Å². The highest BCUT2D eigenvalue weighted by Crippen LogP contribution is 2.52. The molecule has 9 heteroatoms. The van der Waals surface area contributed by atoms with E-state index in [1.165, 1.54) is 26.0 Å². The Labute approximate surface area is 139 Å². The summed E-state index contributed by atoms with van der Waals surface area (Å²) in [4.78, 5) is 11.7. The lowest BCUT2D eigenvalue weighted by Crippen LogP contribution is -2.55. The Morgan fingerprint density at radius 1 is 1.20 bits per heavy atom. The Balaban J connectivity index is 2.11. The molecule has 2 aliphatic heterocycles. The van der Waals surface area contributed by atoms with Gasteiger partial charge in [0.25, 0.3) is 0 Å². The number of hydrogen-bond acceptors (Lipinski definition) is 2. The largest absolute Gasteiger partial charge is 0.415 e. The Bertz CT molecular complexity index is 711. The van der Waals surface area contributed by atoms with Gasteiger partial charge < -0.3 is 10.6 Å². The molecule has 2 atom stereocenters. The van der Waals surface area contributed by atoms with Crippen LogP contribution in [0.15, 0.2) is 34.6 Å². The molecule has 3 nitrogen and oxygen atoms in total. The van der Waals surface area contributed by atoms with E-state index in [0.29, 0.717) is 5.57 Å². The molecule has 25 heavy (non-hydrogen) atoms. The Hall–Kier alpha value is -1.77. The molecule has 2 heterocycles. The van der Waals surface area contributed by atoms with Crippen LogP contribution < -0.4 is 10.6 Å². The van der Waals surface area contributed by atoms with Gasteiger partial charge in [0.15, 0.2) is 0 Å². The van der Waals surface area contributed by atoms with Crippen LogP contribution in [-0.4, -0.2) is 30.3 Å². The summed E-state index contributed by atoms with van der Waals surface area (Å²) in [5, 5.41) is 4.97. The van der Waals surface area contributed by atoms with Crippen molar-refractivity contribution in [3.05, 3.63) is 34.6 Å². The van der Waals surface area contributed by atoms with Crippen LogP contribution in [0.2, 0.25) is 0 Å². The van der Waals surface area contributed by atoms with E-state index in [4.69, 9.17) is 0 Å². The summed E-state index contributed by atoms with van der Waals surface area (Å²) in [5.74, 6) is -0.554. The molecule has 0 bridgehead atoms. The molecule has 138 valence electrons. The van der Waals surface area contributed by atoms with Gasteiger partial charge in [-0.05, 0) is 11.1 Å². The molecular weight excluding hydrogens is 350 g/mol. The number of allylic oxidation sites excluding steroid dienone is 1. The number of fused-ring (bicyclic) bond motifs is 2. The number of nitrogens with one attached hydrogen (secondary N) is 2. The molecule has 0 aromatic rings. The van der Waals surface area contributed by atoms with Gasteiger partial charge in [-0.25, -0.2) is 0 Å². The van der Waals surface area contributed by atoms with Gasteiger partial charge in [-0.1, -0.05) is 26.0 Å². The zero-order chi connectivity index (χ0) is 18.8. The van der Waals surface area contributed by atoms with Crippen molar-refractivity contribution in [3.8, 4) is 0 Å². The minimum absolute atomic E-state index is 0.204. The van der Waals surface area contributed by atoms with Crippen LogP contribution in [0.1, 0.15) is 26.7 Å². The van der Waals surface area contributed by atoms with Gasteiger partial charge >= 0.3 is 12.4 Å². The molecule has 0 saturated carbocycles. The highest BCUT2D eigenvalue weighted by molar-refractivity contribution is 5.89. The third-order valence-electron chi connectivity index (χ3n) is 4.80. The number of amides is 1. The zero-order valence-electron chi connectivity index (χ0n) is 13.4. The van der Waals surface area contributed by atoms with Crippen LogP contribution in [0.25, 0.3) is 0 Å². The summed E-state index contributed by atoms with van der Waals surface area (Å²) in [6, 6.07) is -2.08. The molecule has 1 fully saturated rings. The summed E-state index contributed by atoms with van der Waals surface area (Å²) in [6.07, 6.45) is -7.83. The normalized spacial score (nSPS) is 28.9. The van der Waals surface area contributed by atoms with Gasteiger partial charge in [0.05, 0.1) is 24.1 Å². The second-order valence-electron chi connectivity index (χ2n) is 7.01. The van der Waals surface area contributed by atoms with E-state index in [-0.39, 0.29) is 17.7 Å². The number of rotatable bonds is 1. The van der Waals surface area contributed by atoms with Crippen molar-refractivity contribution < 1.29 is 31.1 Å². The van der Waals surface area contributed by atoms with Crippen molar-refractivity contribution in [2.24, 2.45) is 5.41 Å². The van der Waals surface area contributed by atoms with Gasteiger partial charge in [-0.15, -0.1) is 0 Å².